The minimum Gasteiger partial charge on any atom is -0.396 e. The number of amides is 3. The van der Waals surface area contributed by atoms with E-state index in [-0.39, 0.29) is 35.5 Å². The van der Waals surface area contributed by atoms with E-state index in [0.29, 0.717) is 25.9 Å². The zero-order valence-corrected chi connectivity index (χ0v) is 17.7. The molecule has 0 aromatic carbocycles. The lowest BCUT2D eigenvalue weighted by Gasteiger charge is -2.34. The summed E-state index contributed by atoms with van der Waals surface area (Å²) in [5.41, 5.74) is 0. The van der Waals surface area contributed by atoms with Crippen molar-refractivity contribution in [3.8, 4) is 0 Å². The average Bonchev–Trinajstić information content (AvgIpc) is 3.32. The van der Waals surface area contributed by atoms with Gasteiger partial charge in [-0.3, -0.25) is 14.4 Å². The first kappa shape index (κ1) is 21.4. The molecule has 7 nitrogen and oxygen atoms in total. The number of unbranched alkanes of at least 4 members (excludes halogenated alkanes) is 3. The third-order valence-corrected chi connectivity index (χ3v) is 8.44. The first-order chi connectivity index (χ1) is 13.5. The molecular weight excluding hydrogens is 378 g/mol. The molecule has 3 aliphatic heterocycles. The van der Waals surface area contributed by atoms with Gasteiger partial charge in [0.25, 0.3) is 0 Å². The molecule has 2 unspecified atom stereocenters. The summed E-state index contributed by atoms with van der Waals surface area (Å²) in [5.74, 6) is -1.00. The number of nitrogens with zero attached hydrogens (tertiary/aromatic N) is 1. The molecule has 1 spiro atoms. The molecule has 0 aromatic rings. The number of nitrogens with one attached hydrogen (secondary N) is 2. The van der Waals surface area contributed by atoms with E-state index >= 15 is 0 Å². The highest BCUT2D eigenvalue weighted by atomic mass is 32.2. The minimum atomic E-state index is -0.519. The standard InChI is InChI=1S/C20H33N3O4S/c1-3-4-5-10-22-18(26)16-20-9-8-13(28-20)14(17(25)21-2)15(20)19(27)23(16)11-6-7-12-24/h13-16,24H,3-12H2,1-2H3,(H,21,25)(H,22,26)/t13-,14+,15+,16?,20?/m1/s1. The smallest absolute Gasteiger partial charge is 0.244 e. The van der Waals surface area contributed by atoms with Gasteiger partial charge in [0.2, 0.25) is 17.7 Å². The Hall–Kier alpha value is -1.28. The van der Waals surface area contributed by atoms with Gasteiger partial charge in [-0.1, -0.05) is 19.8 Å². The lowest BCUT2D eigenvalue weighted by atomic mass is 9.71. The van der Waals surface area contributed by atoms with E-state index in [1.807, 2.05) is 0 Å². The second kappa shape index (κ2) is 9.03. The molecule has 3 N–H and O–H groups in total. The Kier molecular flexibility index (Phi) is 6.91. The Morgan fingerprint density at radius 1 is 1.25 bits per heavy atom. The van der Waals surface area contributed by atoms with Crippen molar-refractivity contribution in [1.82, 2.24) is 15.5 Å². The Bertz CT molecular complexity index is 616. The van der Waals surface area contributed by atoms with Gasteiger partial charge in [-0.15, -0.1) is 11.8 Å². The van der Waals surface area contributed by atoms with Crippen molar-refractivity contribution in [2.45, 2.75) is 67.9 Å². The highest BCUT2D eigenvalue weighted by Crippen LogP contribution is 2.66. The number of fused-ring (bicyclic) bond motifs is 1. The van der Waals surface area contributed by atoms with Crippen molar-refractivity contribution in [2.24, 2.45) is 11.8 Å². The Balaban J connectivity index is 1.84. The summed E-state index contributed by atoms with van der Waals surface area (Å²) in [6, 6.07) is -0.519. The van der Waals surface area contributed by atoms with E-state index in [9.17, 15) is 14.4 Å². The van der Waals surface area contributed by atoms with Crippen molar-refractivity contribution in [3.63, 3.8) is 0 Å². The number of hydrogen-bond acceptors (Lipinski definition) is 5. The summed E-state index contributed by atoms with van der Waals surface area (Å²) in [5, 5.41) is 15.0. The first-order valence-electron chi connectivity index (χ1n) is 10.6. The predicted octanol–water partition coefficient (Wildman–Crippen LogP) is 0.903. The normalized spacial score (nSPS) is 33.2. The molecule has 2 bridgehead atoms. The van der Waals surface area contributed by atoms with Crippen LogP contribution in [0.1, 0.15) is 51.9 Å². The highest BCUT2D eigenvalue weighted by Gasteiger charge is 2.73. The van der Waals surface area contributed by atoms with Crippen molar-refractivity contribution in [1.29, 1.82) is 0 Å². The van der Waals surface area contributed by atoms with E-state index in [4.69, 9.17) is 5.11 Å². The Morgan fingerprint density at radius 3 is 2.71 bits per heavy atom. The van der Waals surface area contributed by atoms with E-state index in [1.54, 1.807) is 23.7 Å². The maximum absolute atomic E-state index is 13.4. The summed E-state index contributed by atoms with van der Waals surface area (Å²) >= 11 is 1.69. The van der Waals surface area contributed by atoms with Gasteiger partial charge < -0.3 is 20.6 Å². The summed E-state index contributed by atoms with van der Waals surface area (Å²) in [6.45, 7) is 3.27. The fourth-order valence-electron chi connectivity index (χ4n) is 5.24. The van der Waals surface area contributed by atoms with Crippen LogP contribution in [0, 0.1) is 11.8 Å². The third-order valence-electron chi connectivity index (χ3n) is 6.48. The lowest BCUT2D eigenvalue weighted by Crippen LogP contribution is -2.53. The number of rotatable bonds is 10. The fourth-order valence-corrected chi connectivity index (χ4v) is 7.46. The van der Waals surface area contributed by atoms with Crippen LogP contribution in [-0.4, -0.2) is 70.5 Å². The maximum atomic E-state index is 13.4. The number of likely N-dealkylation sites (tertiary alicyclic amines) is 1. The number of hydrogen-bond donors (Lipinski definition) is 3. The molecule has 8 heteroatoms. The molecule has 3 saturated heterocycles. The first-order valence-corrected chi connectivity index (χ1v) is 11.5. The van der Waals surface area contributed by atoms with Crippen LogP contribution < -0.4 is 10.6 Å². The molecule has 0 aromatic heterocycles. The second-order valence-corrected chi connectivity index (χ2v) is 9.73. The number of aliphatic hydroxyl groups excluding tert-OH is 1. The monoisotopic (exact) mass is 411 g/mol. The topological polar surface area (TPSA) is 98.7 Å². The molecule has 3 rings (SSSR count). The van der Waals surface area contributed by atoms with Gasteiger partial charge in [-0.05, 0) is 32.1 Å². The van der Waals surface area contributed by atoms with Crippen LogP contribution in [0.15, 0.2) is 0 Å². The van der Waals surface area contributed by atoms with Gasteiger partial charge >= 0.3 is 0 Å². The van der Waals surface area contributed by atoms with Gasteiger partial charge in [0, 0.05) is 32.0 Å². The summed E-state index contributed by atoms with van der Waals surface area (Å²) in [4.78, 5) is 40.8. The number of carbonyl (C=O) groups excluding carboxylic acids is 3. The molecule has 3 heterocycles. The third kappa shape index (κ3) is 3.54. The van der Waals surface area contributed by atoms with Crippen LogP contribution in [-0.2, 0) is 14.4 Å². The quantitative estimate of drug-likeness (QED) is 0.464. The van der Waals surface area contributed by atoms with E-state index in [2.05, 4.69) is 17.6 Å². The number of thioether (sulfide) groups is 1. The molecule has 0 radical (unpaired) electrons. The lowest BCUT2D eigenvalue weighted by molar-refractivity contribution is -0.140. The number of carbonyl (C=O) groups is 3. The Labute approximate surface area is 171 Å². The van der Waals surface area contributed by atoms with Crippen molar-refractivity contribution < 1.29 is 19.5 Å². The fraction of sp³-hybridized carbons (Fsp3) is 0.850. The maximum Gasteiger partial charge on any atom is 0.244 e. The molecule has 0 aliphatic carbocycles. The van der Waals surface area contributed by atoms with Crippen LogP contribution in [0.2, 0.25) is 0 Å². The van der Waals surface area contributed by atoms with Crippen LogP contribution in [0.4, 0.5) is 0 Å². The van der Waals surface area contributed by atoms with Gasteiger partial charge in [0.15, 0.2) is 0 Å². The zero-order valence-electron chi connectivity index (χ0n) is 16.9. The van der Waals surface area contributed by atoms with E-state index in [1.165, 1.54) is 0 Å². The van der Waals surface area contributed by atoms with Crippen molar-refractivity contribution in [2.75, 3.05) is 26.7 Å². The van der Waals surface area contributed by atoms with E-state index < -0.39 is 16.7 Å². The molecule has 3 fully saturated rings. The highest BCUT2D eigenvalue weighted by molar-refractivity contribution is 8.02. The Morgan fingerprint density at radius 2 is 2.04 bits per heavy atom. The molecule has 3 amide bonds. The predicted molar refractivity (Wildman–Crippen MR) is 109 cm³/mol. The summed E-state index contributed by atoms with van der Waals surface area (Å²) < 4.78 is -0.493. The van der Waals surface area contributed by atoms with Gasteiger partial charge in [0.05, 0.1) is 16.6 Å². The summed E-state index contributed by atoms with van der Waals surface area (Å²) in [7, 11) is 1.61. The largest absolute Gasteiger partial charge is 0.396 e. The molecular formula is C20H33N3O4S. The molecule has 5 atom stereocenters. The molecule has 0 saturated carbocycles. The van der Waals surface area contributed by atoms with Crippen molar-refractivity contribution in [3.05, 3.63) is 0 Å². The van der Waals surface area contributed by atoms with Crippen LogP contribution in [0.5, 0.6) is 0 Å². The van der Waals surface area contributed by atoms with Gasteiger partial charge in [-0.2, -0.15) is 0 Å². The van der Waals surface area contributed by atoms with Crippen LogP contribution >= 0.6 is 11.8 Å². The SMILES string of the molecule is CCCCCNC(=O)C1N(CCCCO)C(=O)[C@@H]2[C@@H](C(=O)NC)[C@H]3CCC12S3. The van der Waals surface area contributed by atoms with Crippen LogP contribution in [0.25, 0.3) is 0 Å². The van der Waals surface area contributed by atoms with Gasteiger partial charge in [-0.25, -0.2) is 0 Å². The zero-order chi connectivity index (χ0) is 20.3. The van der Waals surface area contributed by atoms with Crippen molar-refractivity contribution >= 4 is 29.5 Å². The molecule has 3 aliphatic rings. The molecule has 28 heavy (non-hydrogen) atoms. The summed E-state index contributed by atoms with van der Waals surface area (Å²) in [6.07, 6.45) is 6.01. The molecule has 158 valence electrons. The van der Waals surface area contributed by atoms with E-state index in [0.717, 1.165) is 32.1 Å². The number of aliphatic hydroxyl groups is 1. The van der Waals surface area contributed by atoms with Crippen LogP contribution in [0.3, 0.4) is 0 Å². The second-order valence-electron chi connectivity index (χ2n) is 8.13. The minimum absolute atomic E-state index is 0.0602. The van der Waals surface area contributed by atoms with Gasteiger partial charge in [0.1, 0.15) is 6.04 Å². The average molecular weight is 412 g/mol.